The predicted molar refractivity (Wildman–Crippen MR) is 67.6 cm³/mol. The van der Waals surface area contributed by atoms with Gasteiger partial charge in [0.15, 0.2) is 0 Å². The van der Waals surface area contributed by atoms with Crippen LogP contribution in [0.5, 0.6) is 0 Å². The molecular weight excluding hydrogens is 198 g/mol. The standard InChI is InChI=1S/C14H21NO/c1-3-15(11-9-13(2)16)12-10-14-7-5-4-6-8-14/h4-8H,3,9-12H2,1-2H3. The predicted octanol–water partition coefficient (Wildman–Crippen LogP) is 2.53. The summed E-state index contributed by atoms with van der Waals surface area (Å²) in [6.45, 7) is 6.74. The minimum Gasteiger partial charge on any atom is -0.303 e. The molecule has 1 aromatic carbocycles. The van der Waals surface area contributed by atoms with E-state index in [2.05, 4.69) is 36.1 Å². The Labute approximate surface area is 98.3 Å². The van der Waals surface area contributed by atoms with E-state index in [1.54, 1.807) is 6.92 Å². The third-order valence-electron chi connectivity index (χ3n) is 2.79. The molecule has 0 bridgehead atoms. The van der Waals surface area contributed by atoms with Crippen molar-refractivity contribution in [3.63, 3.8) is 0 Å². The Kier molecular flexibility index (Phi) is 5.79. The summed E-state index contributed by atoms with van der Waals surface area (Å²) >= 11 is 0. The normalized spacial score (nSPS) is 10.7. The molecule has 0 atom stereocenters. The molecule has 0 aliphatic heterocycles. The number of likely N-dealkylation sites (N-methyl/N-ethyl adjacent to an activating group) is 1. The van der Waals surface area contributed by atoms with Crippen molar-refractivity contribution in [2.24, 2.45) is 0 Å². The van der Waals surface area contributed by atoms with Crippen LogP contribution in [0.25, 0.3) is 0 Å². The summed E-state index contributed by atoms with van der Waals surface area (Å²) in [5.74, 6) is 0.276. The lowest BCUT2D eigenvalue weighted by Crippen LogP contribution is -2.28. The quantitative estimate of drug-likeness (QED) is 0.702. The monoisotopic (exact) mass is 219 g/mol. The van der Waals surface area contributed by atoms with Crippen LogP contribution < -0.4 is 0 Å². The number of rotatable bonds is 7. The minimum atomic E-state index is 0.276. The van der Waals surface area contributed by atoms with Crippen LogP contribution in [0.2, 0.25) is 0 Å². The number of carbonyl (C=O) groups is 1. The Morgan fingerprint density at radius 3 is 2.44 bits per heavy atom. The van der Waals surface area contributed by atoms with Gasteiger partial charge < -0.3 is 4.90 Å². The summed E-state index contributed by atoms with van der Waals surface area (Å²) in [5, 5.41) is 0. The maximum absolute atomic E-state index is 10.9. The fourth-order valence-corrected chi connectivity index (χ4v) is 1.68. The lowest BCUT2D eigenvalue weighted by Gasteiger charge is -2.19. The molecule has 1 rings (SSSR count). The summed E-state index contributed by atoms with van der Waals surface area (Å²) in [6.07, 6.45) is 1.73. The number of hydrogen-bond donors (Lipinski definition) is 0. The van der Waals surface area contributed by atoms with Crippen molar-refractivity contribution in [3.05, 3.63) is 35.9 Å². The average Bonchev–Trinajstić information content (AvgIpc) is 2.30. The highest BCUT2D eigenvalue weighted by Gasteiger charge is 2.03. The van der Waals surface area contributed by atoms with E-state index >= 15 is 0 Å². The van der Waals surface area contributed by atoms with E-state index < -0.39 is 0 Å². The molecule has 0 saturated carbocycles. The van der Waals surface area contributed by atoms with Gasteiger partial charge in [0, 0.05) is 19.5 Å². The van der Waals surface area contributed by atoms with Gasteiger partial charge in [-0.1, -0.05) is 37.3 Å². The number of Topliss-reactive ketones (excluding diaryl/α,β-unsaturated/α-hetero) is 1. The van der Waals surface area contributed by atoms with E-state index in [1.807, 2.05) is 6.07 Å². The van der Waals surface area contributed by atoms with Gasteiger partial charge in [-0.2, -0.15) is 0 Å². The van der Waals surface area contributed by atoms with Crippen molar-refractivity contribution in [3.8, 4) is 0 Å². The topological polar surface area (TPSA) is 20.3 Å². The Morgan fingerprint density at radius 2 is 1.88 bits per heavy atom. The van der Waals surface area contributed by atoms with Crippen LogP contribution in [0.4, 0.5) is 0 Å². The molecule has 0 amide bonds. The van der Waals surface area contributed by atoms with E-state index in [-0.39, 0.29) is 5.78 Å². The molecule has 0 fully saturated rings. The fourth-order valence-electron chi connectivity index (χ4n) is 1.68. The van der Waals surface area contributed by atoms with Crippen LogP contribution in [-0.2, 0) is 11.2 Å². The first-order valence-electron chi connectivity index (χ1n) is 5.98. The molecule has 1 aromatic rings. The molecule has 0 aliphatic rings. The van der Waals surface area contributed by atoms with Gasteiger partial charge in [-0.25, -0.2) is 0 Å². The number of ketones is 1. The van der Waals surface area contributed by atoms with Crippen LogP contribution in [0, 0.1) is 0 Å². The highest BCUT2D eigenvalue weighted by molar-refractivity contribution is 5.75. The van der Waals surface area contributed by atoms with E-state index in [4.69, 9.17) is 0 Å². The lowest BCUT2D eigenvalue weighted by molar-refractivity contribution is -0.117. The summed E-state index contributed by atoms with van der Waals surface area (Å²) in [7, 11) is 0. The Morgan fingerprint density at radius 1 is 1.19 bits per heavy atom. The van der Waals surface area contributed by atoms with Crippen molar-refractivity contribution >= 4 is 5.78 Å². The first kappa shape index (κ1) is 12.9. The molecule has 88 valence electrons. The maximum Gasteiger partial charge on any atom is 0.131 e. The van der Waals surface area contributed by atoms with Crippen LogP contribution in [-0.4, -0.2) is 30.3 Å². The van der Waals surface area contributed by atoms with Gasteiger partial charge in [0.2, 0.25) is 0 Å². The highest BCUT2D eigenvalue weighted by Crippen LogP contribution is 2.02. The summed E-state index contributed by atoms with van der Waals surface area (Å²) < 4.78 is 0. The van der Waals surface area contributed by atoms with Crippen molar-refractivity contribution in [1.82, 2.24) is 4.90 Å². The second kappa shape index (κ2) is 7.18. The molecule has 0 aromatic heterocycles. The number of carbonyl (C=O) groups excluding carboxylic acids is 1. The van der Waals surface area contributed by atoms with Gasteiger partial charge >= 0.3 is 0 Å². The first-order chi connectivity index (χ1) is 7.72. The van der Waals surface area contributed by atoms with Gasteiger partial charge in [0.1, 0.15) is 5.78 Å². The number of benzene rings is 1. The van der Waals surface area contributed by atoms with Gasteiger partial charge in [-0.3, -0.25) is 4.79 Å². The van der Waals surface area contributed by atoms with E-state index in [1.165, 1.54) is 5.56 Å². The Hall–Kier alpha value is -1.15. The summed E-state index contributed by atoms with van der Waals surface area (Å²) in [5.41, 5.74) is 1.36. The molecule has 0 N–H and O–H groups in total. The van der Waals surface area contributed by atoms with Crippen molar-refractivity contribution in [1.29, 1.82) is 0 Å². The first-order valence-corrected chi connectivity index (χ1v) is 5.98. The zero-order valence-corrected chi connectivity index (χ0v) is 10.3. The van der Waals surface area contributed by atoms with Crippen LogP contribution in [0.1, 0.15) is 25.8 Å². The molecule has 0 aliphatic carbocycles. The van der Waals surface area contributed by atoms with Crippen molar-refractivity contribution < 1.29 is 4.79 Å². The number of hydrogen-bond acceptors (Lipinski definition) is 2. The molecule has 0 saturated heterocycles. The minimum absolute atomic E-state index is 0.276. The van der Waals surface area contributed by atoms with E-state index in [0.29, 0.717) is 6.42 Å². The zero-order chi connectivity index (χ0) is 11.8. The largest absolute Gasteiger partial charge is 0.303 e. The van der Waals surface area contributed by atoms with Crippen molar-refractivity contribution in [2.75, 3.05) is 19.6 Å². The molecule has 0 radical (unpaired) electrons. The fraction of sp³-hybridized carbons (Fsp3) is 0.500. The molecule has 16 heavy (non-hydrogen) atoms. The second-order valence-corrected chi connectivity index (χ2v) is 4.12. The van der Waals surface area contributed by atoms with Gasteiger partial charge in [0.25, 0.3) is 0 Å². The molecule has 2 nitrogen and oxygen atoms in total. The molecule has 0 spiro atoms. The SMILES string of the molecule is CCN(CCC(C)=O)CCc1ccccc1. The Balaban J connectivity index is 2.31. The second-order valence-electron chi connectivity index (χ2n) is 4.12. The van der Waals surface area contributed by atoms with Crippen molar-refractivity contribution in [2.45, 2.75) is 26.7 Å². The Bertz CT molecular complexity index is 308. The molecule has 0 unspecified atom stereocenters. The average molecular weight is 219 g/mol. The van der Waals surface area contributed by atoms with E-state index in [0.717, 1.165) is 26.1 Å². The molecule has 2 heteroatoms. The van der Waals surface area contributed by atoms with E-state index in [9.17, 15) is 4.79 Å². The molecular formula is C14H21NO. The highest BCUT2D eigenvalue weighted by atomic mass is 16.1. The summed E-state index contributed by atoms with van der Waals surface area (Å²) in [4.78, 5) is 13.2. The summed E-state index contributed by atoms with van der Waals surface area (Å²) in [6, 6.07) is 10.5. The van der Waals surface area contributed by atoms with Gasteiger partial charge in [-0.05, 0) is 25.5 Å². The number of nitrogens with zero attached hydrogens (tertiary/aromatic N) is 1. The lowest BCUT2D eigenvalue weighted by atomic mass is 10.1. The van der Waals surface area contributed by atoms with Gasteiger partial charge in [-0.15, -0.1) is 0 Å². The zero-order valence-electron chi connectivity index (χ0n) is 10.3. The van der Waals surface area contributed by atoms with Crippen LogP contribution >= 0.6 is 0 Å². The van der Waals surface area contributed by atoms with Crippen LogP contribution in [0.3, 0.4) is 0 Å². The molecule has 0 heterocycles. The van der Waals surface area contributed by atoms with Crippen LogP contribution in [0.15, 0.2) is 30.3 Å². The maximum atomic E-state index is 10.9. The smallest absolute Gasteiger partial charge is 0.131 e. The van der Waals surface area contributed by atoms with Gasteiger partial charge in [0.05, 0.1) is 0 Å². The third kappa shape index (κ3) is 5.08. The third-order valence-corrected chi connectivity index (χ3v) is 2.79.